The van der Waals surface area contributed by atoms with Crippen LogP contribution in [0.25, 0.3) is 6.08 Å². The van der Waals surface area contributed by atoms with Crippen LogP contribution in [0.3, 0.4) is 0 Å². The minimum absolute atomic E-state index is 0.0227. The van der Waals surface area contributed by atoms with Crippen molar-refractivity contribution in [3.63, 3.8) is 0 Å². The summed E-state index contributed by atoms with van der Waals surface area (Å²) in [6.07, 6.45) is 4.62. The van der Waals surface area contributed by atoms with Crippen LogP contribution in [-0.4, -0.2) is 43.7 Å². The number of halogens is 1. The van der Waals surface area contributed by atoms with Crippen molar-refractivity contribution >= 4 is 12.0 Å². The summed E-state index contributed by atoms with van der Waals surface area (Å²) < 4.78 is 23.8. The molecule has 3 rings (SSSR count). The number of carbonyl (C=O) groups excluding carboxylic acids is 1. The normalized spacial score (nSPS) is 16.8. The molecule has 132 valence electrons. The summed E-state index contributed by atoms with van der Waals surface area (Å²) in [5.41, 5.74) is 0.971. The minimum atomic E-state index is -0.269. The predicted molar refractivity (Wildman–Crippen MR) is 92.3 cm³/mol. The summed E-state index contributed by atoms with van der Waals surface area (Å²) in [6.45, 7) is 3.31. The highest BCUT2D eigenvalue weighted by atomic mass is 19.1. The molecule has 0 saturated carbocycles. The third-order valence-corrected chi connectivity index (χ3v) is 4.15. The lowest BCUT2D eigenvalue weighted by Gasteiger charge is -2.34. The number of nitrogens with one attached hydrogen (secondary N) is 1. The van der Waals surface area contributed by atoms with E-state index in [1.165, 1.54) is 18.2 Å². The molecule has 1 N–H and O–H groups in total. The number of nitrogens with zero attached hydrogens (tertiary/aromatic N) is 1. The van der Waals surface area contributed by atoms with E-state index in [1.807, 2.05) is 0 Å². The van der Waals surface area contributed by atoms with Crippen LogP contribution in [0.5, 0.6) is 0 Å². The van der Waals surface area contributed by atoms with E-state index < -0.39 is 0 Å². The highest BCUT2D eigenvalue weighted by Gasteiger charge is 2.23. The van der Waals surface area contributed by atoms with Gasteiger partial charge in [0.2, 0.25) is 5.91 Å². The maximum atomic E-state index is 13.2. The summed E-state index contributed by atoms with van der Waals surface area (Å²) in [4.78, 5) is 14.3. The molecule has 0 bridgehead atoms. The number of rotatable bonds is 6. The van der Waals surface area contributed by atoms with Crippen molar-refractivity contribution < 1.29 is 18.3 Å². The van der Waals surface area contributed by atoms with Gasteiger partial charge in [-0.2, -0.15) is 0 Å². The zero-order valence-corrected chi connectivity index (χ0v) is 13.9. The SMILES string of the molecule is O=C(/C=C/c1ccco1)NCC(c1ccc(F)cc1)N1CCOCC1. The van der Waals surface area contributed by atoms with Crippen LogP contribution in [0.15, 0.2) is 53.2 Å². The van der Waals surface area contributed by atoms with E-state index in [0.717, 1.165) is 18.7 Å². The lowest BCUT2D eigenvalue weighted by atomic mass is 10.0. The van der Waals surface area contributed by atoms with E-state index in [4.69, 9.17) is 9.15 Å². The Balaban J connectivity index is 1.64. The van der Waals surface area contributed by atoms with Crippen LogP contribution in [-0.2, 0) is 9.53 Å². The zero-order chi connectivity index (χ0) is 17.5. The van der Waals surface area contributed by atoms with Gasteiger partial charge in [0.05, 0.1) is 25.5 Å². The number of benzene rings is 1. The number of furan rings is 1. The average molecular weight is 344 g/mol. The molecule has 5 nitrogen and oxygen atoms in total. The number of amides is 1. The number of hydrogen-bond acceptors (Lipinski definition) is 4. The van der Waals surface area contributed by atoms with Crippen molar-refractivity contribution in [3.8, 4) is 0 Å². The Kier molecular flexibility index (Phi) is 5.98. The molecule has 1 amide bonds. The maximum absolute atomic E-state index is 13.2. The first-order valence-corrected chi connectivity index (χ1v) is 8.29. The van der Waals surface area contributed by atoms with Gasteiger partial charge in [-0.3, -0.25) is 9.69 Å². The molecule has 1 aromatic carbocycles. The van der Waals surface area contributed by atoms with Gasteiger partial charge in [-0.15, -0.1) is 0 Å². The van der Waals surface area contributed by atoms with Gasteiger partial charge >= 0.3 is 0 Å². The first-order chi connectivity index (χ1) is 12.2. The van der Waals surface area contributed by atoms with Gasteiger partial charge in [0, 0.05) is 25.7 Å². The molecule has 2 aromatic rings. The number of carbonyl (C=O) groups is 1. The van der Waals surface area contributed by atoms with Crippen molar-refractivity contribution in [3.05, 3.63) is 65.9 Å². The summed E-state index contributed by atoms with van der Waals surface area (Å²) >= 11 is 0. The molecule has 1 aliphatic rings. The van der Waals surface area contributed by atoms with Crippen molar-refractivity contribution in [2.45, 2.75) is 6.04 Å². The first kappa shape index (κ1) is 17.4. The molecule has 0 aliphatic carbocycles. The van der Waals surface area contributed by atoms with E-state index >= 15 is 0 Å². The van der Waals surface area contributed by atoms with Crippen LogP contribution >= 0.6 is 0 Å². The van der Waals surface area contributed by atoms with Gasteiger partial charge in [-0.05, 0) is 35.9 Å². The predicted octanol–water partition coefficient (Wildman–Crippen LogP) is 2.62. The molecular formula is C19H21FN2O3. The molecule has 2 heterocycles. The lowest BCUT2D eigenvalue weighted by molar-refractivity contribution is -0.116. The van der Waals surface area contributed by atoms with E-state index in [2.05, 4.69) is 10.2 Å². The van der Waals surface area contributed by atoms with Gasteiger partial charge in [-0.1, -0.05) is 12.1 Å². The zero-order valence-electron chi connectivity index (χ0n) is 13.9. The lowest BCUT2D eigenvalue weighted by Crippen LogP contribution is -2.43. The molecule has 6 heteroatoms. The number of ether oxygens (including phenoxy) is 1. The standard InChI is InChI=1S/C19H21FN2O3/c20-16-5-3-15(4-6-16)18(22-9-12-24-13-10-22)14-21-19(23)8-7-17-2-1-11-25-17/h1-8,11,18H,9-10,12-14H2,(H,21,23)/b8-7+. The third kappa shape index (κ3) is 5.01. The third-order valence-electron chi connectivity index (χ3n) is 4.15. The Bertz CT molecular complexity index is 692. The highest BCUT2D eigenvalue weighted by molar-refractivity contribution is 5.91. The van der Waals surface area contributed by atoms with Crippen LogP contribution in [0.4, 0.5) is 4.39 Å². The van der Waals surface area contributed by atoms with Gasteiger partial charge in [0.1, 0.15) is 11.6 Å². The Hall–Kier alpha value is -2.44. The first-order valence-electron chi connectivity index (χ1n) is 8.29. The molecule has 1 unspecified atom stereocenters. The van der Waals surface area contributed by atoms with E-state index in [-0.39, 0.29) is 17.8 Å². The minimum Gasteiger partial charge on any atom is -0.465 e. The van der Waals surface area contributed by atoms with Crippen LogP contribution in [0.1, 0.15) is 17.4 Å². The van der Waals surface area contributed by atoms with Crippen molar-refractivity contribution in [1.29, 1.82) is 0 Å². The summed E-state index contributed by atoms with van der Waals surface area (Å²) in [6, 6.07) is 9.94. The monoisotopic (exact) mass is 344 g/mol. The van der Waals surface area contributed by atoms with Crippen molar-refractivity contribution in [1.82, 2.24) is 10.2 Å². The highest BCUT2D eigenvalue weighted by Crippen LogP contribution is 2.21. The molecule has 1 fully saturated rings. The number of hydrogen-bond donors (Lipinski definition) is 1. The molecule has 25 heavy (non-hydrogen) atoms. The summed E-state index contributed by atoms with van der Waals surface area (Å²) in [5, 5.41) is 2.91. The second-order valence-corrected chi connectivity index (χ2v) is 5.81. The molecule has 1 aromatic heterocycles. The summed E-state index contributed by atoms with van der Waals surface area (Å²) in [7, 11) is 0. The van der Waals surface area contributed by atoms with E-state index in [0.29, 0.717) is 25.5 Å². The van der Waals surface area contributed by atoms with Crippen molar-refractivity contribution in [2.24, 2.45) is 0 Å². The molecule has 1 aliphatic heterocycles. The van der Waals surface area contributed by atoms with Crippen molar-refractivity contribution in [2.75, 3.05) is 32.8 Å². The quantitative estimate of drug-likeness (QED) is 0.819. The topological polar surface area (TPSA) is 54.7 Å². The second kappa shape index (κ2) is 8.60. The van der Waals surface area contributed by atoms with E-state index in [1.54, 1.807) is 36.6 Å². The largest absolute Gasteiger partial charge is 0.465 e. The Morgan fingerprint density at radius 3 is 2.68 bits per heavy atom. The van der Waals surface area contributed by atoms with Gasteiger partial charge in [0.15, 0.2) is 0 Å². The average Bonchev–Trinajstić information content (AvgIpc) is 3.16. The van der Waals surface area contributed by atoms with Gasteiger partial charge in [0.25, 0.3) is 0 Å². The smallest absolute Gasteiger partial charge is 0.244 e. The van der Waals surface area contributed by atoms with Crippen LogP contribution in [0.2, 0.25) is 0 Å². The maximum Gasteiger partial charge on any atom is 0.244 e. The van der Waals surface area contributed by atoms with Gasteiger partial charge < -0.3 is 14.5 Å². The molecule has 1 saturated heterocycles. The fourth-order valence-electron chi connectivity index (χ4n) is 2.83. The Labute approximate surface area is 146 Å². The van der Waals surface area contributed by atoms with Gasteiger partial charge in [-0.25, -0.2) is 4.39 Å². The summed E-state index contributed by atoms with van der Waals surface area (Å²) in [5.74, 6) is 0.157. The fraction of sp³-hybridized carbons (Fsp3) is 0.316. The van der Waals surface area contributed by atoms with E-state index in [9.17, 15) is 9.18 Å². The molecule has 0 radical (unpaired) electrons. The molecular weight excluding hydrogens is 323 g/mol. The van der Waals surface area contributed by atoms with Crippen LogP contribution in [0, 0.1) is 5.82 Å². The molecule has 0 spiro atoms. The fourth-order valence-corrected chi connectivity index (χ4v) is 2.83. The second-order valence-electron chi connectivity index (χ2n) is 5.81. The Morgan fingerprint density at radius 2 is 2.00 bits per heavy atom. The molecule has 1 atom stereocenters. The Morgan fingerprint density at radius 1 is 1.24 bits per heavy atom. The number of morpholine rings is 1. The van der Waals surface area contributed by atoms with Crippen LogP contribution < -0.4 is 5.32 Å².